The van der Waals surface area contributed by atoms with E-state index in [0.717, 1.165) is 22.0 Å². The molecule has 0 spiro atoms. The molecule has 20 heteroatoms. The zero-order chi connectivity index (χ0) is 52.3. The number of hydrogen-bond acceptors (Lipinski definition) is 17. The normalized spacial score (nSPS) is 15.6. The molecule has 1 aliphatic carbocycles. The van der Waals surface area contributed by atoms with E-state index in [2.05, 4.69) is 46.9 Å². The lowest BCUT2D eigenvalue weighted by Gasteiger charge is -2.35. The fourth-order valence-electron chi connectivity index (χ4n) is 9.31. The fourth-order valence-corrected chi connectivity index (χ4v) is 9.31. The maximum atomic E-state index is 12.7. The smallest absolute Gasteiger partial charge is 0.336 e. The molecule has 4 aromatic carbocycles. The van der Waals surface area contributed by atoms with Crippen LogP contribution in [-0.4, -0.2) is 126 Å². The number of nitrogens with zero attached hydrogens (tertiary/aromatic N) is 1. The highest BCUT2D eigenvalue weighted by atomic mass is 16.4. The van der Waals surface area contributed by atoms with Crippen molar-refractivity contribution in [2.45, 2.75) is 94.0 Å². The van der Waals surface area contributed by atoms with Gasteiger partial charge in [-0.1, -0.05) is 61.0 Å². The summed E-state index contributed by atoms with van der Waals surface area (Å²) in [4.78, 5) is 35.5. The van der Waals surface area contributed by atoms with Crippen molar-refractivity contribution >= 4 is 33.5 Å². The SMILES string of the molecule is CN[C@@H](O)[C@H](Cc1ncc[nH]1)N[C@H](O)[C@H](Cc1ccccc1)N[C@@H](O)[C@H](Cc1c[nH]c2ccccc12)N[C@H](O)[C@H](N)CCCCN[C@@H](O)Nc1ccc(-c2c3ccc(=O)cc-3oc3cc(O)ccc23)c(C(=O)O)c1. The Hall–Kier alpha value is -7.05. The molecule has 2 aliphatic rings. The molecule has 9 atom stereocenters. The number of phenols is 1. The van der Waals surface area contributed by atoms with Gasteiger partial charge in [-0.25, -0.2) is 9.78 Å². The second-order valence-corrected chi connectivity index (χ2v) is 18.4. The number of imidazole rings is 1. The van der Waals surface area contributed by atoms with Crippen LogP contribution in [0.1, 0.15) is 46.6 Å². The minimum atomic E-state index is -1.34. The topological polar surface area (TPSA) is 332 Å². The lowest BCUT2D eigenvalue weighted by Crippen LogP contribution is -2.63. The molecule has 6 aromatic rings. The predicted molar refractivity (Wildman–Crippen MR) is 281 cm³/mol. The van der Waals surface area contributed by atoms with E-state index in [1.807, 2.05) is 60.8 Å². The minimum Gasteiger partial charge on any atom is -0.508 e. The number of carbonyl (C=O) groups is 1. The molecule has 0 bridgehead atoms. The van der Waals surface area contributed by atoms with Crippen molar-refractivity contribution in [1.29, 1.82) is 0 Å². The van der Waals surface area contributed by atoms with Crippen LogP contribution in [0.2, 0.25) is 0 Å². The van der Waals surface area contributed by atoms with Gasteiger partial charge < -0.3 is 61.2 Å². The number of carboxylic acid groups (broad SMARTS) is 1. The van der Waals surface area contributed by atoms with E-state index in [0.29, 0.717) is 59.4 Å². The summed E-state index contributed by atoms with van der Waals surface area (Å²) in [5.74, 6) is -0.470. The van der Waals surface area contributed by atoms with Crippen LogP contribution in [-0.2, 0) is 19.3 Å². The molecule has 20 nitrogen and oxygen atoms in total. The number of anilines is 1. The van der Waals surface area contributed by atoms with Crippen LogP contribution in [0.25, 0.3) is 44.3 Å². The standard InChI is InChI=1S/C54H64N10O10/c1-56-50(68)44(28-47-57-21-22-58-47)64-51(69)42(23-30-9-3-2-4-10-30)63-52(70)43(24-31-29-60-41-13-6-5-11-35(31)41)62-49(67)40(55)12-7-8-20-59-54(73)61-32-14-17-36(39(25-32)53(71)72)48-37-18-15-33(65)26-45(37)74-46-27-34(66)16-19-38(46)48/h2-6,9-11,13-19,21-22,25-27,29,40,42-44,49-52,54,56,59-65,67-70,73H,7-8,12,20,23-24,28,55H2,1H3,(H,57,58)(H,71,72)/t40-,42+,43+,44+,49-,50+,51-,52+,54-/m1/s1. The Morgan fingerprint density at radius 1 is 0.743 bits per heavy atom. The van der Waals surface area contributed by atoms with Crippen molar-refractivity contribution in [2.24, 2.45) is 5.73 Å². The third-order valence-electron chi connectivity index (χ3n) is 13.2. The molecule has 0 fully saturated rings. The van der Waals surface area contributed by atoms with Gasteiger partial charge in [0, 0.05) is 76.3 Å². The molecule has 1 aliphatic heterocycles. The number of unbranched alkanes of at least 4 members (excludes halogenated alkanes) is 1. The first kappa shape index (κ1) is 53.2. The molecular formula is C54H64N10O10. The van der Waals surface area contributed by atoms with Crippen molar-refractivity contribution in [2.75, 3.05) is 18.9 Å². The quantitative estimate of drug-likeness (QED) is 0.0200. The summed E-state index contributed by atoms with van der Waals surface area (Å²) in [5.41, 5.74) is 10.8. The number of rotatable bonds is 27. The third-order valence-corrected chi connectivity index (χ3v) is 13.2. The highest BCUT2D eigenvalue weighted by molar-refractivity contribution is 6.08. The van der Waals surface area contributed by atoms with Crippen LogP contribution in [0.4, 0.5) is 5.69 Å². The first-order valence-electron chi connectivity index (χ1n) is 24.5. The van der Waals surface area contributed by atoms with Gasteiger partial charge in [0.15, 0.2) is 11.8 Å². The molecular weight excluding hydrogens is 949 g/mol. The summed E-state index contributed by atoms with van der Waals surface area (Å²) >= 11 is 0. The van der Waals surface area contributed by atoms with Gasteiger partial charge in [-0.05, 0) is 98.4 Å². The lowest BCUT2D eigenvalue weighted by molar-refractivity contribution is -0.00506. The average molecular weight is 1010 g/mol. The Morgan fingerprint density at radius 3 is 2.20 bits per heavy atom. The number of H-pyrrole nitrogens is 2. The lowest BCUT2D eigenvalue weighted by atomic mass is 9.90. The number of likely N-dealkylation sites (N-methyl/N-ethyl adjacent to an activating group) is 1. The van der Waals surface area contributed by atoms with E-state index < -0.39 is 61.4 Å². The number of aliphatic hydroxyl groups is 5. The van der Waals surface area contributed by atoms with Crippen molar-refractivity contribution in [1.82, 2.24) is 41.5 Å². The van der Waals surface area contributed by atoms with Crippen molar-refractivity contribution in [3.05, 3.63) is 161 Å². The van der Waals surface area contributed by atoms with Crippen LogP contribution >= 0.6 is 0 Å². The molecule has 3 heterocycles. The van der Waals surface area contributed by atoms with Gasteiger partial charge in [-0.3, -0.25) is 31.4 Å². The molecule has 8 rings (SSSR count). The number of nitrogens with two attached hydrogens (primary N) is 1. The summed E-state index contributed by atoms with van der Waals surface area (Å²) in [6.07, 6.45) is 1.14. The molecule has 74 heavy (non-hydrogen) atoms. The van der Waals surface area contributed by atoms with E-state index >= 15 is 0 Å². The monoisotopic (exact) mass is 1010 g/mol. The van der Waals surface area contributed by atoms with Gasteiger partial charge in [0.05, 0.1) is 23.7 Å². The second-order valence-electron chi connectivity index (χ2n) is 18.4. The van der Waals surface area contributed by atoms with Crippen LogP contribution in [0.5, 0.6) is 5.75 Å². The number of aromatic hydroxyl groups is 1. The first-order valence-corrected chi connectivity index (χ1v) is 24.5. The molecule has 0 amide bonds. The summed E-state index contributed by atoms with van der Waals surface area (Å²) < 4.78 is 5.93. The highest BCUT2D eigenvalue weighted by Crippen LogP contribution is 2.42. The summed E-state index contributed by atoms with van der Waals surface area (Å²) in [6, 6.07) is 27.5. The molecule has 0 radical (unpaired) electrons. The Balaban J connectivity index is 0.896. The van der Waals surface area contributed by atoms with Gasteiger partial charge in [-0.2, -0.15) is 0 Å². The van der Waals surface area contributed by atoms with E-state index in [-0.39, 0.29) is 47.3 Å². The number of carboxylic acids is 1. The van der Waals surface area contributed by atoms with Gasteiger partial charge >= 0.3 is 5.97 Å². The molecule has 0 saturated heterocycles. The number of fused-ring (bicyclic) bond motifs is 3. The van der Waals surface area contributed by atoms with Crippen molar-refractivity contribution in [3.63, 3.8) is 0 Å². The number of aromatic nitrogens is 3. The van der Waals surface area contributed by atoms with Crippen LogP contribution in [0.15, 0.2) is 137 Å². The second kappa shape index (κ2) is 24.8. The Bertz CT molecular complexity index is 3100. The largest absolute Gasteiger partial charge is 0.508 e. The number of phenolic OH excluding ortho intramolecular Hbond substituents is 1. The molecule has 0 saturated carbocycles. The van der Waals surface area contributed by atoms with E-state index in [1.165, 1.54) is 30.3 Å². The zero-order valence-electron chi connectivity index (χ0n) is 40.7. The molecule has 17 N–H and O–H groups in total. The number of benzene rings is 5. The van der Waals surface area contributed by atoms with E-state index in [1.54, 1.807) is 43.7 Å². The predicted octanol–water partition coefficient (Wildman–Crippen LogP) is 3.04. The third kappa shape index (κ3) is 13.4. The summed E-state index contributed by atoms with van der Waals surface area (Å²) in [7, 11) is 1.60. The maximum Gasteiger partial charge on any atom is 0.336 e. The van der Waals surface area contributed by atoms with Crippen LogP contribution < -0.4 is 43.1 Å². The summed E-state index contributed by atoms with van der Waals surface area (Å²) in [6.45, 7) is 0.326. The number of hydrogen-bond donors (Lipinski definition) is 16. The first-order chi connectivity index (χ1) is 35.7. The Labute approximate surface area is 426 Å². The van der Waals surface area contributed by atoms with Gasteiger partial charge in [0.2, 0.25) is 0 Å². The number of aromatic amines is 2. The minimum absolute atomic E-state index is 0.0648. The van der Waals surface area contributed by atoms with Crippen molar-refractivity contribution in [3.8, 4) is 28.2 Å². The fraction of sp³-hybridized carbons (Fsp3) is 0.315. The van der Waals surface area contributed by atoms with E-state index in [9.17, 15) is 45.3 Å². The van der Waals surface area contributed by atoms with Gasteiger partial charge in [0.1, 0.15) is 47.8 Å². The maximum absolute atomic E-state index is 12.7. The number of para-hydroxylation sites is 1. The Morgan fingerprint density at radius 2 is 1.46 bits per heavy atom. The van der Waals surface area contributed by atoms with Crippen molar-refractivity contribution < 1.29 is 45.0 Å². The zero-order valence-corrected chi connectivity index (χ0v) is 40.7. The number of nitrogens with one attached hydrogen (secondary N) is 8. The van der Waals surface area contributed by atoms with Crippen LogP contribution in [0.3, 0.4) is 0 Å². The number of aliphatic hydroxyl groups excluding tert-OH is 5. The van der Waals surface area contributed by atoms with Crippen LogP contribution in [0, 0.1) is 0 Å². The molecule has 2 aromatic heterocycles. The van der Waals surface area contributed by atoms with Gasteiger partial charge in [0.25, 0.3) is 0 Å². The average Bonchev–Trinajstić information content (AvgIpc) is 4.07. The Kier molecular flexibility index (Phi) is 17.8. The summed E-state index contributed by atoms with van der Waals surface area (Å²) in [5, 5.41) is 97.4. The molecule has 390 valence electrons. The van der Waals surface area contributed by atoms with E-state index in [4.69, 9.17) is 10.2 Å². The highest BCUT2D eigenvalue weighted by Gasteiger charge is 2.32. The molecule has 0 unspecified atom stereocenters. The van der Waals surface area contributed by atoms with Gasteiger partial charge in [-0.15, -0.1) is 0 Å². The number of aromatic carboxylic acids is 1.